The Kier molecular flexibility index (Phi) is 6.16. The zero-order valence-corrected chi connectivity index (χ0v) is 16.3. The van der Waals surface area contributed by atoms with Gasteiger partial charge in [0.15, 0.2) is 5.69 Å². The molecule has 29 heavy (non-hydrogen) atoms. The number of rotatable bonds is 7. The van der Waals surface area contributed by atoms with E-state index in [0.717, 1.165) is 24.5 Å². The highest BCUT2D eigenvalue weighted by Gasteiger charge is 2.24. The number of aromatic nitrogens is 2. The van der Waals surface area contributed by atoms with Gasteiger partial charge >= 0.3 is 0 Å². The van der Waals surface area contributed by atoms with Gasteiger partial charge in [-0.3, -0.25) is 9.69 Å². The van der Waals surface area contributed by atoms with Crippen molar-refractivity contribution in [1.82, 2.24) is 15.1 Å². The molecule has 1 aliphatic rings. The van der Waals surface area contributed by atoms with Crippen LogP contribution in [0.4, 0.5) is 11.5 Å². The summed E-state index contributed by atoms with van der Waals surface area (Å²) >= 11 is 0. The SMILES string of the molecule is O=C(Nc1ccccc1)c1ccc(NCC(c2ccco2)N2CCCCC2)nn1. The van der Waals surface area contributed by atoms with Crippen LogP contribution in [0.1, 0.15) is 41.6 Å². The average Bonchev–Trinajstić information content (AvgIpc) is 3.30. The van der Waals surface area contributed by atoms with E-state index in [2.05, 4.69) is 25.7 Å². The Labute approximate surface area is 170 Å². The number of nitrogens with one attached hydrogen (secondary N) is 2. The fraction of sp³-hybridized carbons (Fsp3) is 0.318. The number of furan rings is 1. The third-order valence-electron chi connectivity index (χ3n) is 5.11. The fourth-order valence-corrected chi connectivity index (χ4v) is 3.59. The van der Waals surface area contributed by atoms with Crippen LogP contribution in [0.3, 0.4) is 0 Å². The molecule has 3 heterocycles. The number of hydrogen-bond donors (Lipinski definition) is 2. The molecule has 7 nitrogen and oxygen atoms in total. The van der Waals surface area contributed by atoms with Gasteiger partial charge < -0.3 is 15.1 Å². The maximum Gasteiger partial charge on any atom is 0.276 e. The van der Waals surface area contributed by atoms with Crippen molar-refractivity contribution >= 4 is 17.4 Å². The number of likely N-dealkylation sites (tertiary alicyclic amines) is 1. The molecule has 7 heteroatoms. The quantitative estimate of drug-likeness (QED) is 0.634. The lowest BCUT2D eigenvalue weighted by Crippen LogP contribution is -2.37. The van der Waals surface area contributed by atoms with Crippen molar-refractivity contribution < 1.29 is 9.21 Å². The van der Waals surface area contributed by atoms with Gasteiger partial charge in [-0.25, -0.2) is 0 Å². The summed E-state index contributed by atoms with van der Waals surface area (Å²) < 4.78 is 5.67. The molecule has 3 aromatic rings. The van der Waals surface area contributed by atoms with Crippen LogP contribution >= 0.6 is 0 Å². The average molecular weight is 391 g/mol. The van der Waals surface area contributed by atoms with Gasteiger partial charge in [0.2, 0.25) is 0 Å². The normalized spacial score (nSPS) is 15.6. The smallest absolute Gasteiger partial charge is 0.276 e. The van der Waals surface area contributed by atoms with Crippen molar-refractivity contribution in [2.75, 3.05) is 30.3 Å². The number of carbonyl (C=O) groups is 1. The number of amides is 1. The summed E-state index contributed by atoms with van der Waals surface area (Å²) in [6.45, 7) is 2.80. The molecule has 1 aliphatic heterocycles. The van der Waals surface area contributed by atoms with Crippen LogP contribution in [-0.2, 0) is 0 Å². The minimum Gasteiger partial charge on any atom is -0.468 e. The Morgan fingerprint density at radius 2 is 1.83 bits per heavy atom. The number of hydrogen-bond acceptors (Lipinski definition) is 6. The predicted octanol–water partition coefficient (Wildman–Crippen LogP) is 3.96. The molecular weight excluding hydrogens is 366 g/mol. The monoisotopic (exact) mass is 391 g/mol. The summed E-state index contributed by atoms with van der Waals surface area (Å²) in [4.78, 5) is 14.7. The van der Waals surface area contributed by atoms with Crippen LogP contribution in [0.5, 0.6) is 0 Å². The van der Waals surface area contributed by atoms with E-state index in [1.165, 1.54) is 19.3 Å². The topological polar surface area (TPSA) is 83.3 Å². The van der Waals surface area contributed by atoms with Crippen LogP contribution in [0.2, 0.25) is 0 Å². The number of piperidine rings is 1. The summed E-state index contributed by atoms with van der Waals surface area (Å²) in [7, 11) is 0. The van der Waals surface area contributed by atoms with Crippen molar-refractivity contribution in [1.29, 1.82) is 0 Å². The van der Waals surface area contributed by atoms with Crippen LogP contribution in [-0.4, -0.2) is 40.6 Å². The molecule has 1 unspecified atom stereocenters. The number of benzene rings is 1. The van der Waals surface area contributed by atoms with E-state index < -0.39 is 0 Å². The Bertz CT molecular complexity index is 891. The van der Waals surface area contributed by atoms with Gasteiger partial charge in [0.1, 0.15) is 11.6 Å². The highest BCUT2D eigenvalue weighted by atomic mass is 16.3. The van der Waals surface area contributed by atoms with Gasteiger partial charge in [-0.05, 0) is 62.3 Å². The second-order valence-electron chi connectivity index (χ2n) is 7.13. The van der Waals surface area contributed by atoms with E-state index in [9.17, 15) is 4.79 Å². The Hall–Kier alpha value is -3.19. The molecule has 0 saturated carbocycles. The zero-order valence-electron chi connectivity index (χ0n) is 16.3. The van der Waals surface area contributed by atoms with Gasteiger partial charge in [-0.2, -0.15) is 0 Å². The van der Waals surface area contributed by atoms with Gasteiger partial charge in [0.25, 0.3) is 5.91 Å². The molecular formula is C22H25N5O2. The second-order valence-corrected chi connectivity index (χ2v) is 7.13. The Balaban J connectivity index is 1.38. The molecule has 0 bridgehead atoms. The van der Waals surface area contributed by atoms with Crippen molar-refractivity contribution in [3.05, 3.63) is 72.3 Å². The molecule has 1 saturated heterocycles. The highest BCUT2D eigenvalue weighted by molar-refractivity contribution is 6.02. The van der Waals surface area contributed by atoms with E-state index in [-0.39, 0.29) is 17.6 Å². The molecule has 0 spiro atoms. The first-order valence-corrected chi connectivity index (χ1v) is 10.0. The number of para-hydroxylation sites is 1. The lowest BCUT2D eigenvalue weighted by atomic mass is 10.1. The summed E-state index contributed by atoms with van der Waals surface area (Å²) in [6.07, 6.45) is 5.42. The number of carbonyl (C=O) groups excluding carboxylic acids is 1. The lowest BCUT2D eigenvalue weighted by molar-refractivity contribution is 0.102. The van der Waals surface area contributed by atoms with Gasteiger partial charge in [-0.15, -0.1) is 10.2 Å². The van der Waals surface area contributed by atoms with Crippen molar-refractivity contribution in [2.45, 2.75) is 25.3 Å². The first kappa shape index (κ1) is 19.1. The van der Waals surface area contributed by atoms with Crippen LogP contribution in [0, 0.1) is 0 Å². The number of nitrogens with zero attached hydrogens (tertiary/aromatic N) is 3. The Morgan fingerprint density at radius 1 is 1.00 bits per heavy atom. The van der Waals surface area contributed by atoms with E-state index in [1.54, 1.807) is 18.4 Å². The molecule has 1 fully saturated rings. The predicted molar refractivity (Wildman–Crippen MR) is 112 cm³/mol. The maximum absolute atomic E-state index is 12.3. The van der Waals surface area contributed by atoms with Gasteiger partial charge in [0.05, 0.1) is 12.3 Å². The van der Waals surface area contributed by atoms with Crippen LogP contribution in [0.15, 0.2) is 65.3 Å². The lowest BCUT2D eigenvalue weighted by Gasteiger charge is -2.33. The molecule has 150 valence electrons. The standard InChI is InChI=1S/C22H25N5O2/c28-22(24-17-8-3-1-4-9-17)18-11-12-21(26-25-18)23-16-19(20-10-7-15-29-20)27-13-5-2-6-14-27/h1,3-4,7-12,15,19H,2,5-6,13-14,16H2,(H,23,26)(H,24,28). The zero-order chi connectivity index (χ0) is 19.9. The summed E-state index contributed by atoms with van der Waals surface area (Å²) in [5.74, 6) is 1.30. The van der Waals surface area contributed by atoms with Crippen molar-refractivity contribution in [2.24, 2.45) is 0 Å². The first-order valence-electron chi connectivity index (χ1n) is 10.0. The van der Waals surface area contributed by atoms with E-state index in [1.807, 2.05) is 42.5 Å². The van der Waals surface area contributed by atoms with Crippen LogP contribution in [0.25, 0.3) is 0 Å². The molecule has 0 aliphatic carbocycles. The van der Waals surface area contributed by atoms with Crippen molar-refractivity contribution in [3.8, 4) is 0 Å². The van der Waals surface area contributed by atoms with Gasteiger partial charge in [-0.1, -0.05) is 24.6 Å². The molecule has 1 atom stereocenters. The summed E-state index contributed by atoms with van der Waals surface area (Å²) in [6, 6.07) is 16.8. The molecule has 2 aromatic heterocycles. The molecule has 4 rings (SSSR count). The molecule has 0 radical (unpaired) electrons. The molecule has 1 aromatic carbocycles. The maximum atomic E-state index is 12.3. The highest BCUT2D eigenvalue weighted by Crippen LogP contribution is 2.25. The fourth-order valence-electron chi connectivity index (χ4n) is 3.59. The second kappa shape index (κ2) is 9.34. The van der Waals surface area contributed by atoms with E-state index in [4.69, 9.17) is 4.42 Å². The van der Waals surface area contributed by atoms with Crippen molar-refractivity contribution in [3.63, 3.8) is 0 Å². The van der Waals surface area contributed by atoms with Gasteiger partial charge in [0, 0.05) is 12.2 Å². The third-order valence-corrected chi connectivity index (χ3v) is 5.11. The molecule has 1 amide bonds. The van der Waals surface area contributed by atoms with Crippen LogP contribution < -0.4 is 10.6 Å². The van der Waals surface area contributed by atoms with E-state index >= 15 is 0 Å². The first-order chi connectivity index (χ1) is 14.3. The largest absolute Gasteiger partial charge is 0.468 e. The number of anilines is 2. The minimum atomic E-state index is -0.281. The molecule has 2 N–H and O–H groups in total. The summed E-state index contributed by atoms with van der Waals surface area (Å²) in [5, 5.41) is 14.4. The third kappa shape index (κ3) is 5.00. The van der Waals surface area contributed by atoms with E-state index in [0.29, 0.717) is 12.4 Å². The summed E-state index contributed by atoms with van der Waals surface area (Å²) in [5.41, 5.74) is 1.00. The minimum absolute atomic E-state index is 0.146. The Morgan fingerprint density at radius 3 is 2.52 bits per heavy atom.